The molecule has 0 N–H and O–H groups in total. The molecular weight excluding hydrogens is 244 g/mol. The van der Waals surface area contributed by atoms with Crippen LogP contribution >= 0.6 is 0 Å². The van der Waals surface area contributed by atoms with Crippen molar-refractivity contribution in [3.05, 3.63) is 11.7 Å². The Morgan fingerprint density at radius 2 is 2.16 bits per heavy atom. The summed E-state index contributed by atoms with van der Waals surface area (Å²) in [4.78, 5) is 20.1. The summed E-state index contributed by atoms with van der Waals surface area (Å²) in [5.74, 6) is 1.52. The van der Waals surface area contributed by atoms with Gasteiger partial charge in [-0.25, -0.2) is 0 Å². The van der Waals surface area contributed by atoms with E-state index >= 15 is 0 Å². The molecule has 0 unspecified atom stereocenters. The molecule has 1 saturated heterocycles. The van der Waals surface area contributed by atoms with Crippen molar-refractivity contribution in [2.24, 2.45) is 0 Å². The second kappa shape index (κ2) is 6.65. The highest BCUT2D eigenvalue weighted by atomic mass is 16.5. The number of likely N-dealkylation sites (N-methyl/N-ethyl adjacent to an activating group) is 1. The van der Waals surface area contributed by atoms with Gasteiger partial charge in [0.2, 0.25) is 11.8 Å². The standard InChI is InChI=1S/C13H22N4O2/c1-3-6-11-14-12(19-15-11)9-16(2)10-13(18)17-7-4-5-8-17/h3-10H2,1-2H3. The number of aromatic nitrogens is 2. The van der Waals surface area contributed by atoms with Crippen LogP contribution in [-0.2, 0) is 17.8 Å². The molecule has 0 aromatic carbocycles. The molecule has 1 fully saturated rings. The quantitative estimate of drug-likeness (QED) is 0.771. The van der Waals surface area contributed by atoms with Crippen LogP contribution in [0.4, 0.5) is 0 Å². The number of aryl methyl sites for hydroxylation is 1. The van der Waals surface area contributed by atoms with Gasteiger partial charge in [0, 0.05) is 19.5 Å². The average molecular weight is 266 g/mol. The number of nitrogens with zero attached hydrogens (tertiary/aromatic N) is 4. The van der Waals surface area contributed by atoms with Crippen molar-refractivity contribution in [3.63, 3.8) is 0 Å². The number of carbonyl (C=O) groups is 1. The Kier molecular flexibility index (Phi) is 4.90. The van der Waals surface area contributed by atoms with E-state index in [1.807, 2.05) is 16.8 Å². The monoisotopic (exact) mass is 266 g/mol. The smallest absolute Gasteiger partial charge is 0.240 e. The van der Waals surface area contributed by atoms with Gasteiger partial charge in [0.1, 0.15) is 0 Å². The Bertz CT molecular complexity index is 413. The predicted molar refractivity (Wildman–Crippen MR) is 70.4 cm³/mol. The predicted octanol–water partition coefficient (Wildman–Crippen LogP) is 1.08. The largest absolute Gasteiger partial charge is 0.342 e. The normalized spacial score (nSPS) is 15.4. The minimum Gasteiger partial charge on any atom is -0.342 e. The van der Waals surface area contributed by atoms with Gasteiger partial charge in [-0.3, -0.25) is 9.69 Å². The van der Waals surface area contributed by atoms with E-state index in [9.17, 15) is 4.79 Å². The average Bonchev–Trinajstić information content (AvgIpc) is 3.00. The molecule has 0 spiro atoms. The molecule has 0 atom stereocenters. The third kappa shape index (κ3) is 4.02. The van der Waals surface area contributed by atoms with Crippen LogP contribution in [0.2, 0.25) is 0 Å². The molecule has 6 nitrogen and oxygen atoms in total. The minimum absolute atomic E-state index is 0.188. The third-order valence-electron chi connectivity index (χ3n) is 3.25. The van der Waals surface area contributed by atoms with E-state index in [2.05, 4.69) is 17.1 Å². The lowest BCUT2D eigenvalue weighted by Gasteiger charge is -2.19. The van der Waals surface area contributed by atoms with Gasteiger partial charge in [0.15, 0.2) is 5.82 Å². The fourth-order valence-electron chi connectivity index (χ4n) is 2.26. The molecule has 0 radical (unpaired) electrons. The summed E-state index contributed by atoms with van der Waals surface area (Å²) in [5.41, 5.74) is 0. The highest BCUT2D eigenvalue weighted by molar-refractivity contribution is 5.78. The number of likely N-dealkylation sites (tertiary alicyclic amines) is 1. The van der Waals surface area contributed by atoms with Crippen LogP contribution < -0.4 is 0 Å². The van der Waals surface area contributed by atoms with E-state index in [-0.39, 0.29) is 5.91 Å². The summed E-state index contributed by atoms with van der Waals surface area (Å²) in [6, 6.07) is 0. The Morgan fingerprint density at radius 3 is 2.84 bits per heavy atom. The van der Waals surface area contributed by atoms with Crippen LogP contribution in [0.1, 0.15) is 37.9 Å². The first-order valence-electron chi connectivity index (χ1n) is 6.97. The first-order chi connectivity index (χ1) is 9.19. The van der Waals surface area contributed by atoms with Crippen LogP contribution in [-0.4, -0.2) is 52.5 Å². The zero-order valence-corrected chi connectivity index (χ0v) is 11.8. The fraction of sp³-hybridized carbons (Fsp3) is 0.769. The Labute approximate surface area is 113 Å². The number of amides is 1. The maximum absolute atomic E-state index is 12.0. The fourth-order valence-corrected chi connectivity index (χ4v) is 2.26. The van der Waals surface area contributed by atoms with Gasteiger partial charge in [-0.15, -0.1) is 0 Å². The Hall–Kier alpha value is -1.43. The molecule has 1 amide bonds. The molecule has 6 heteroatoms. The highest BCUT2D eigenvalue weighted by Crippen LogP contribution is 2.09. The van der Waals surface area contributed by atoms with Gasteiger partial charge < -0.3 is 9.42 Å². The topological polar surface area (TPSA) is 62.5 Å². The van der Waals surface area contributed by atoms with Gasteiger partial charge in [-0.2, -0.15) is 4.98 Å². The summed E-state index contributed by atoms with van der Waals surface area (Å²) < 4.78 is 5.17. The van der Waals surface area contributed by atoms with Crippen molar-refractivity contribution in [1.82, 2.24) is 19.9 Å². The molecule has 1 aromatic rings. The molecule has 0 bridgehead atoms. The van der Waals surface area contributed by atoms with E-state index in [0.29, 0.717) is 19.0 Å². The van der Waals surface area contributed by atoms with E-state index in [1.54, 1.807) is 0 Å². The summed E-state index contributed by atoms with van der Waals surface area (Å²) in [6.07, 6.45) is 4.08. The van der Waals surface area contributed by atoms with Gasteiger partial charge in [-0.05, 0) is 26.3 Å². The SMILES string of the molecule is CCCc1noc(CN(C)CC(=O)N2CCCC2)n1. The van der Waals surface area contributed by atoms with E-state index in [4.69, 9.17) is 4.52 Å². The first-order valence-corrected chi connectivity index (χ1v) is 6.97. The van der Waals surface area contributed by atoms with Crippen molar-refractivity contribution >= 4 is 5.91 Å². The van der Waals surface area contributed by atoms with Crippen LogP contribution in [0, 0.1) is 0 Å². The van der Waals surface area contributed by atoms with Crippen molar-refractivity contribution < 1.29 is 9.32 Å². The molecule has 2 heterocycles. The molecule has 2 rings (SSSR count). The third-order valence-corrected chi connectivity index (χ3v) is 3.25. The minimum atomic E-state index is 0.188. The maximum atomic E-state index is 12.0. The van der Waals surface area contributed by atoms with Crippen LogP contribution in [0.3, 0.4) is 0 Å². The van der Waals surface area contributed by atoms with Crippen molar-refractivity contribution in [3.8, 4) is 0 Å². The molecule has 0 aliphatic carbocycles. The van der Waals surface area contributed by atoms with Crippen LogP contribution in [0.25, 0.3) is 0 Å². The molecular formula is C13H22N4O2. The number of hydrogen-bond donors (Lipinski definition) is 0. The van der Waals surface area contributed by atoms with E-state index in [1.165, 1.54) is 0 Å². The first kappa shape index (κ1) is 14.0. The van der Waals surface area contributed by atoms with Crippen molar-refractivity contribution in [1.29, 1.82) is 0 Å². The summed E-state index contributed by atoms with van der Waals surface area (Å²) >= 11 is 0. The van der Waals surface area contributed by atoms with Crippen LogP contribution in [0.5, 0.6) is 0 Å². The Morgan fingerprint density at radius 1 is 1.42 bits per heavy atom. The lowest BCUT2D eigenvalue weighted by atomic mass is 10.3. The van der Waals surface area contributed by atoms with Gasteiger partial charge in [0.25, 0.3) is 0 Å². The number of hydrogen-bond acceptors (Lipinski definition) is 5. The zero-order chi connectivity index (χ0) is 13.7. The lowest BCUT2D eigenvalue weighted by Crippen LogP contribution is -2.37. The summed E-state index contributed by atoms with van der Waals surface area (Å²) in [5, 5.41) is 3.91. The highest BCUT2D eigenvalue weighted by Gasteiger charge is 2.19. The summed E-state index contributed by atoms with van der Waals surface area (Å²) in [7, 11) is 1.90. The lowest BCUT2D eigenvalue weighted by molar-refractivity contribution is -0.131. The molecule has 0 saturated carbocycles. The molecule has 1 aliphatic rings. The van der Waals surface area contributed by atoms with Crippen LogP contribution in [0.15, 0.2) is 4.52 Å². The van der Waals surface area contributed by atoms with Gasteiger partial charge in [-0.1, -0.05) is 12.1 Å². The molecule has 19 heavy (non-hydrogen) atoms. The maximum Gasteiger partial charge on any atom is 0.240 e. The molecule has 1 aliphatic heterocycles. The molecule has 106 valence electrons. The molecule has 1 aromatic heterocycles. The number of carbonyl (C=O) groups excluding carboxylic acids is 1. The second-order valence-corrected chi connectivity index (χ2v) is 5.11. The zero-order valence-electron chi connectivity index (χ0n) is 11.8. The number of rotatable bonds is 6. The van der Waals surface area contributed by atoms with Crippen molar-refractivity contribution in [2.45, 2.75) is 39.2 Å². The second-order valence-electron chi connectivity index (χ2n) is 5.11. The van der Waals surface area contributed by atoms with Crippen molar-refractivity contribution in [2.75, 3.05) is 26.7 Å². The van der Waals surface area contributed by atoms with E-state index in [0.717, 1.165) is 44.6 Å². The summed E-state index contributed by atoms with van der Waals surface area (Å²) in [6.45, 7) is 4.81. The Balaban J connectivity index is 1.79. The van der Waals surface area contributed by atoms with E-state index < -0.39 is 0 Å². The van der Waals surface area contributed by atoms with Gasteiger partial charge >= 0.3 is 0 Å². The van der Waals surface area contributed by atoms with Gasteiger partial charge in [0.05, 0.1) is 13.1 Å².